The first kappa shape index (κ1) is 26.4. The molecule has 5 aromatic rings. The van der Waals surface area contributed by atoms with Gasteiger partial charge in [-0.2, -0.15) is 0 Å². The van der Waals surface area contributed by atoms with Crippen molar-refractivity contribution in [2.75, 3.05) is 4.90 Å². The van der Waals surface area contributed by atoms with E-state index < -0.39 is 13.3 Å². The van der Waals surface area contributed by atoms with Gasteiger partial charge in [0, 0.05) is 0 Å². The van der Waals surface area contributed by atoms with Gasteiger partial charge in [-0.05, 0) is 0 Å². The standard InChI is InChI=1S/C34H36GeN4O/c1-3-5-19-35(20-6-4-2,33-16-9-10-21-36-33)27-17-18-32-30(25-27)39(29-14-7-8-15-31(29)40-32)28-13-11-12-26(24-28)34-37-22-23-38-34/h7-18,21-25H,3-6,19-20H2,1-2H3,(H,37,38). The Balaban J connectivity index is 1.54. The number of H-pyrrole nitrogens is 1. The molecule has 0 radical (unpaired) electrons. The first-order valence-electron chi connectivity index (χ1n) is 14.5. The SMILES string of the molecule is CCC[CH2][Ge]([CH2]CCC)([c]1ccc2c(c1)N(c1cccc(-c3ncc[nH]3)c1)c1ccccc1O2)[c]1ccccn1. The molecule has 1 aliphatic heterocycles. The molecule has 202 valence electrons. The van der Waals surface area contributed by atoms with E-state index in [1.807, 2.05) is 30.6 Å². The Bertz CT molecular complexity index is 1560. The van der Waals surface area contributed by atoms with Gasteiger partial charge in [-0.25, -0.2) is 0 Å². The van der Waals surface area contributed by atoms with Crippen LogP contribution in [-0.2, 0) is 0 Å². The summed E-state index contributed by atoms with van der Waals surface area (Å²) < 4.78 is 9.33. The summed E-state index contributed by atoms with van der Waals surface area (Å²) >= 11 is -2.82. The molecule has 6 rings (SSSR count). The molecule has 0 spiro atoms. The summed E-state index contributed by atoms with van der Waals surface area (Å²) in [5, 5.41) is 2.50. The Hall–Kier alpha value is -3.84. The molecule has 0 unspecified atom stereocenters. The molecular formula is C34H36GeN4O. The maximum absolute atomic E-state index is 6.51. The van der Waals surface area contributed by atoms with Crippen LogP contribution >= 0.6 is 0 Å². The molecule has 5 nitrogen and oxygen atoms in total. The number of ether oxygens (including phenoxy) is 1. The van der Waals surface area contributed by atoms with E-state index in [0.717, 1.165) is 39.9 Å². The molecule has 1 aliphatic rings. The molecular weight excluding hydrogens is 553 g/mol. The van der Waals surface area contributed by atoms with Gasteiger partial charge < -0.3 is 0 Å². The molecule has 40 heavy (non-hydrogen) atoms. The Morgan fingerprint density at radius 1 is 0.750 bits per heavy atom. The van der Waals surface area contributed by atoms with E-state index in [9.17, 15) is 0 Å². The van der Waals surface area contributed by atoms with E-state index in [2.05, 4.69) is 95.4 Å². The van der Waals surface area contributed by atoms with Crippen LogP contribution in [0.2, 0.25) is 10.5 Å². The number of anilines is 3. The number of aromatic nitrogens is 3. The van der Waals surface area contributed by atoms with Gasteiger partial charge in [0.25, 0.3) is 0 Å². The van der Waals surface area contributed by atoms with E-state index in [0.29, 0.717) is 0 Å². The summed E-state index contributed by atoms with van der Waals surface area (Å²) in [5.74, 6) is 2.61. The van der Waals surface area contributed by atoms with Gasteiger partial charge in [-0.3, -0.25) is 0 Å². The van der Waals surface area contributed by atoms with Crippen molar-refractivity contribution < 1.29 is 4.74 Å². The van der Waals surface area contributed by atoms with Gasteiger partial charge in [0.2, 0.25) is 0 Å². The number of nitrogens with zero attached hydrogens (tertiary/aromatic N) is 3. The van der Waals surface area contributed by atoms with Crippen LogP contribution in [0.1, 0.15) is 39.5 Å². The molecule has 1 N–H and O–H groups in total. The van der Waals surface area contributed by atoms with Crippen molar-refractivity contribution in [3.05, 3.63) is 104 Å². The van der Waals surface area contributed by atoms with E-state index in [1.54, 1.807) is 6.20 Å². The summed E-state index contributed by atoms with van der Waals surface area (Å²) in [4.78, 5) is 15.1. The fourth-order valence-corrected chi connectivity index (χ4v) is 16.7. The number of rotatable bonds is 10. The predicted molar refractivity (Wildman–Crippen MR) is 167 cm³/mol. The molecule has 0 aliphatic carbocycles. The third-order valence-electron chi connectivity index (χ3n) is 8.02. The zero-order chi connectivity index (χ0) is 27.4. The van der Waals surface area contributed by atoms with Gasteiger partial charge in [-0.15, -0.1) is 0 Å². The number of unbranched alkanes of at least 4 members (excludes halogenated alkanes) is 2. The average Bonchev–Trinajstić information content (AvgIpc) is 3.56. The number of pyridine rings is 1. The summed E-state index contributed by atoms with van der Waals surface area (Å²) in [6, 6.07) is 30.4. The van der Waals surface area contributed by atoms with Crippen LogP contribution < -0.4 is 18.6 Å². The third-order valence-corrected chi connectivity index (χ3v) is 18.7. The minimum absolute atomic E-state index is 0.862. The van der Waals surface area contributed by atoms with Crippen LogP contribution in [0.5, 0.6) is 11.5 Å². The minimum atomic E-state index is -2.82. The molecule has 0 amide bonds. The fraction of sp³-hybridized carbons (Fsp3) is 0.235. The molecule has 2 aromatic heterocycles. The molecule has 6 heteroatoms. The van der Waals surface area contributed by atoms with E-state index in [4.69, 9.17) is 9.72 Å². The molecule has 3 aromatic carbocycles. The summed E-state index contributed by atoms with van der Waals surface area (Å²) in [6.07, 6.45) is 10.5. The third kappa shape index (κ3) is 4.95. The van der Waals surface area contributed by atoms with Crippen LogP contribution in [-0.4, -0.2) is 28.2 Å². The maximum atomic E-state index is 6.51. The number of benzene rings is 3. The van der Waals surface area contributed by atoms with E-state index in [-0.39, 0.29) is 0 Å². The Morgan fingerprint density at radius 3 is 2.30 bits per heavy atom. The number of imidazole rings is 1. The topological polar surface area (TPSA) is 54.0 Å². The van der Waals surface area contributed by atoms with Crippen LogP contribution in [0.4, 0.5) is 17.1 Å². The Morgan fingerprint density at radius 2 is 1.55 bits per heavy atom. The molecule has 0 saturated carbocycles. The second-order valence-electron chi connectivity index (χ2n) is 10.6. The van der Waals surface area contributed by atoms with Crippen molar-refractivity contribution in [3.63, 3.8) is 0 Å². The van der Waals surface area contributed by atoms with Crippen molar-refractivity contribution in [2.45, 2.75) is 50.0 Å². The van der Waals surface area contributed by atoms with Crippen LogP contribution in [0.15, 0.2) is 104 Å². The number of hydrogen-bond donors (Lipinski definition) is 1. The first-order valence-corrected chi connectivity index (χ1v) is 19.5. The normalized spacial score (nSPS) is 12.5. The second kappa shape index (κ2) is 11.7. The van der Waals surface area contributed by atoms with E-state index >= 15 is 0 Å². The molecule has 0 saturated heterocycles. The van der Waals surface area contributed by atoms with Crippen molar-refractivity contribution >= 4 is 39.3 Å². The zero-order valence-electron chi connectivity index (χ0n) is 23.3. The van der Waals surface area contributed by atoms with Crippen molar-refractivity contribution in [1.29, 1.82) is 0 Å². The summed E-state index contributed by atoms with van der Waals surface area (Å²) in [5.41, 5.74) is 4.27. The molecule has 0 fully saturated rings. The zero-order valence-corrected chi connectivity index (χ0v) is 25.4. The van der Waals surface area contributed by atoms with Crippen molar-refractivity contribution in [3.8, 4) is 22.9 Å². The van der Waals surface area contributed by atoms with Crippen LogP contribution in [0, 0.1) is 0 Å². The number of fused-ring (bicyclic) bond motifs is 2. The average molecular weight is 589 g/mol. The molecule has 3 heterocycles. The number of nitrogens with one attached hydrogen (secondary N) is 1. The van der Waals surface area contributed by atoms with Crippen LogP contribution in [0.25, 0.3) is 11.4 Å². The first-order chi connectivity index (χ1) is 19.7. The monoisotopic (exact) mass is 590 g/mol. The predicted octanol–water partition coefficient (Wildman–Crippen LogP) is 8.21. The molecule has 0 bridgehead atoms. The number of aromatic amines is 1. The van der Waals surface area contributed by atoms with Gasteiger partial charge in [0.1, 0.15) is 0 Å². The summed E-state index contributed by atoms with van der Waals surface area (Å²) in [7, 11) is 0. The molecule has 0 atom stereocenters. The van der Waals surface area contributed by atoms with Crippen molar-refractivity contribution in [1.82, 2.24) is 15.0 Å². The quantitative estimate of drug-likeness (QED) is 0.164. The van der Waals surface area contributed by atoms with Gasteiger partial charge >= 0.3 is 240 Å². The Kier molecular flexibility index (Phi) is 7.73. The van der Waals surface area contributed by atoms with Gasteiger partial charge in [-0.1, -0.05) is 0 Å². The summed E-state index contributed by atoms with van der Waals surface area (Å²) in [6.45, 7) is 4.60. The van der Waals surface area contributed by atoms with Gasteiger partial charge in [0.05, 0.1) is 0 Å². The van der Waals surface area contributed by atoms with Gasteiger partial charge in [0.15, 0.2) is 0 Å². The number of hydrogen-bond acceptors (Lipinski definition) is 4. The Labute approximate surface area is 239 Å². The van der Waals surface area contributed by atoms with Crippen molar-refractivity contribution in [2.24, 2.45) is 0 Å². The second-order valence-corrected chi connectivity index (χ2v) is 19.5. The fourth-order valence-electron chi connectivity index (χ4n) is 5.97. The van der Waals surface area contributed by atoms with Crippen LogP contribution in [0.3, 0.4) is 0 Å². The van der Waals surface area contributed by atoms with E-state index in [1.165, 1.54) is 45.1 Å². The number of para-hydroxylation sites is 2.